The number of carboxylic acid groups (broad SMARTS) is 1. The lowest BCUT2D eigenvalue weighted by Gasteiger charge is -2.41. The standard InChI is InChI=1S/C10H10O5/c11-7-4-9(8(12)13)3-6-1-2-10(9,15-6)5-14-7/h1-2,6H,3-5H2,(H,12,13). The fourth-order valence-corrected chi connectivity index (χ4v) is 2.78. The Morgan fingerprint density at radius 1 is 1.60 bits per heavy atom. The van der Waals surface area contributed by atoms with Gasteiger partial charge < -0.3 is 14.6 Å². The van der Waals surface area contributed by atoms with Crippen molar-refractivity contribution in [3.05, 3.63) is 12.2 Å². The molecule has 2 saturated heterocycles. The summed E-state index contributed by atoms with van der Waals surface area (Å²) in [6.45, 7) is 0.0190. The minimum absolute atomic E-state index is 0.0190. The molecule has 3 aliphatic rings. The number of carbonyl (C=O) groups excluding carboxylic acids is 1. The first-order valence-electron chi connectivity index (χ1n) is 4.84. The molecule has 5 heteroatoms. The molecule has 1 N–H and O–H groups in total. The van der Waals surface area contributed by atoms with Crippen LogP contribution in [0.15, 0.2) is 12.2 Å². The molecule has 5 nitrogen and oxygen atoms in total. The molecule has 0 aliphatic carbocycles. The molecule has 2 fully saturated rings. The number of ether oxygens (including phenoxy) is 2. The van der Waals surface area contributed by atoms with E-state index >= 15 is 0 Å². The zero-order valence-corrected chi connectivity index (χ0v) is 7.93. The lowest BCUT2D eigenvalue weighted by molar-refractivity contribution is -0.186. The van der Waals surface area contributed by atoms with Crippen LogP contribution in [0.25, 0.3) is 0 Å². The third-order valence-corrected chi connectivity index (χ3v) is 3.60. The first-order chi connectivity index (χ1) is 7.08. The molecule has 3 rings (SSSR count). The number of esters is 1. The highest BCUT2D eigenvalue weighted by molar-refractivity contribution is 5.86. The summed E-state index contributed by atoms with van der Waals surface area (Å²) in [4.78, 5) is 22.6. The van der Waals surface area contributed by atoms with Crippen LogP contribution in [0, 0.1) is 5.41 Å². The van der Waals surface area contributed by atoms with Crippen molar-refractivity contribution >= 4 is 11.9 Å². The molecular weight excluding hydrogens is 200 g/mol. The van der Waals surface area contributed by atoms with Crippen LogP contribution in [0.4, 0.5) is 0 Å². The largest absolute Gasteiger partial charge is 0.481 e. The second kappa shape index (κ2) is 2.41. The molecule has 0 amide bonds. The van der Waals surface area contributed by atoms with Gasteiger partial charge in [-0.2, -0.15) is 0 Å². The van der Waals surface area contributed by atoms with Crippen molar-refractivity contribution < 1.29 is 24.2 Å². The molecule has 15 heavy (non-hydrogen) atoms. The fraction of sp³-hybridized carbons (Fsp3) is 0.600. The summed E-state index contributed by atoms with van der Waals surface area (Å²) in [5.74, 6) is -1.42. The van der Waals surface area contributed by atoms with E-state index in [9.17, 15) is 14.7 Å². The quantitative estimate of drug-likeness (QED) is 0.491. The van der Waals surface area contributed by atoms with Crippen LogP contribution >= 0.6 is 0 Å². The summed E-state index contributed by atoms with van der Waals surface area (Å²) in [5.41, 5.74) is -2.03. The molecule has 80 valence electrons. The summed E-state index contributed by atoms with van der Waals surface area (Å²) in [6, 6.07) is 0. The zero-order valence-electron chi connectivity index (χ0n) is 7.93. The van der Waals surface area contributed by atoms with E-state index < -0.39 is 23.0 Å². The number of hydrogen-bond acceptors (Lipinski definition) is 4. The summed E-state index contributed by atoms with van der Waals surface area (Å²) >= 11 is 0. The predicted octanol–water partition coefficient (Wildman–Crippen LogP) is 0.102. The maximum absolute atomic E-state index is 11.4. The lowest BCUT2D eigenvalue weighted by atomic mass is 9.65. The maximum Gasteiger partial charge on any atom is 0.313 e. The van der Waals surface area contributed by atoms with Gasteiger partial charge in [0, 0.05) is 0 Å². The molecule has 0 aromatic heterocycles. The average molecular weight is 210 g/mol. The van der Waals surface area contributed by atoms with Crippen molar-refractivity contribution in [2.45, 2.75) is 24.5 Å². The average Bonchev–Trinajstić information content (AvgIpc) is 2.71. The van der Waals surface area contributed by atoms with E-state index in [1.54, 1.807) is 6.08 Å². The predicted molar refractivity (Wildman–Crippen MR) is 47.0 cm³/mol. The number of cyclic esters (lactones) is 1. The molecule has 1 spiro atoms. The Kier molecular flexibility index (Phi) is 1.43. The van der Waals surface area contributed by atoms with Gasteiger partial charge in [0.2, 0.25) is 0 Å². The van der Waals surface area contributed by atoms with Gasteiger partial charge in [0.05, 0.1) is 12.5 Å². The van der Waals surface area contributed by atoms with Crippen molar-refractivity contribution in [3.8, 4) is 0 Å². The van der Waals surface area contributed by atoms with E-state index in [2.05, 4.69) is 0 Å². The van der Waals surface area contributed by atoms with Gasteiger partial charge in [-0.25, -0.2) is 0 Å². The highest BCUT2D eigenvalue weighted by atomic mass is 16.6. The van der Waals surface area contributed by atoms with E-state index in [4.69, 9.17) is 9.47 Å². The fourth-order valence-electron chi connectivity index (χ4n) is 2.78. The zero-order chi connectivity index (χ0) is 10.7. The Morgan fingerprint density at radius 3 is 3.07 bits per heavy atom. The van der Waals surface area contributed by atoms with Gasteiger partial charge >= 0.3 is 11.9 Å². The van der Waals surface area contributed by atoms with Crippen LogP contribution in [0.1, 0.15) is 12.8 Å². The van der Waals surface area contributed by atoms with Gasteiger partial charge in [-0.1, -0.05) is 6.08 Å². The van der Waals surface area contributed by atoms with Crippen molar-refractivity contribution in [2.75, 3.05) is 6.61 Å². The lowest BCUT2D eigenvalue weighted by Crippen LogP contribution is -2.56. The number of fused-ring (bicyclic) bond motifs is 1. The number of carbonyl (C=O) groups is 2. The van der Waals surface area contributed by atoms with Crippen LogP contribution < -0.4 is 0 Å². The van der Waals surface area contributed by atoms with Crippen LogP contribution in [-0.2, 0) is 19.1 Å². The van der Waals surface area contributed by atoms with E-state index in [0.717, 1.165) is 0 Å². The van der Waals surface area contributed by atoms with Crippen molar-refractivity contribution in [1.82, 2.24) is 0 Å². The third-order valence-electron chi connectivity index (χ3n) is 3.60. The van der Waals surface area contributed by atoms with Gasteiger partial charge in [0.15, 0.2) is 0 Å². The number of aliphatic carboxylic acids is 1. The molecule has 0 aromatic rings. The van der Waals surface area contributed by atoms with Crippen molar-refractivity contribution in [2.24, 2.45) is 5.41 Å². The summed E-state index contributed by atoms with van der Waals surface area (Å²) in [6.07, 6.45) is 3.68. The van der Waals surface area contributed by atoms with Crippen LogP contribution in [0.2, 0.25) is 0 Å². The normalized spacial score (nSPS) is 46.4. The Morgan fingerprint density at radius 2 is 2.40 bits per heavy atom. The van der Waals surface area contributed by atoms with Gasteiger partial charge in [-0.3, -0.25) is 9.59 Å². The monoisotopic (exact) mass is 210 g/mol. The number of hydrogen-bond donors (Lipinski definition) is 1. The van der Waals surface area contributed by atoms with Gasteiger partial charge in [0.25, 0.3) is 0 Å². The Labute approximate surface area is 85.7 Å². The molecule has 0 saturated carbocycles. The molecule has 0 radical (unpaired) electrons. The first kappa shape index (κ1) is 8.91. The Hall–Kier alpha value is -1.36. The molecular formula is C10H10O5. The second-order valence-electron chi connectivity index (χ2n) is 4.33. The van der Waals surface area contributed by atoms with E-state index in [1.807, 2.05) is 6.08 Å². The van der Waals surface area contributed by atoms with Crippen LogP contribution in [0.5, 0.6) is 0 Å². The second-order valence-corrected chi connectivity index (χ2v) is 4.33. The van der Waals surface area contributed by atoms with E-state index in [-0.39, 0.29) is 19.1 Å². The number of carboxylic acids is 1. The summed E-state index contributed by atoms with van der Waals surface area (Å²) in [7, 11) is 0. The molecule has 3 atom stereocenters. The van der Waals surface area contributed by atoms with E-state index in [1.165, 1.54) is 0 Å². The van der Waals surface area contributed by atoms with Crippen molar-refractivity contribution in [1.29, 1.82) is 0 Å². The Bertz CT molecular complexity index is 387. The van der Waals surface area contributed by atoms with Crippen molar-refractivity contribution in [3.63, 3.8) is 0 Å². The summed E-state index contributed by atoms with van der Waals surface area (Å²) < 4.78 is 10.5. The van der Waals surface area contributed by atoms with Gasteiger partial charge in [-0.15, -0.1) is 0 Å². The van der Waals surface area contributed by atoms with E-state index in [0.29, 0.717) is 6.42 Å². The maximum atomic E-state index is 11.4. The molecule has 3 heterocycles. The highest BCUT2D eigenvalue weighted by Crippen LogP contribution is 2.56. The molecule has 2 bridgehead atoms. The minimum Gasteiger partial charge on any atom is -0.481 e. The van der Waals surface area contributed by atoms with Gasteiger partial charge in [-0.05, 0) is 12.5 Å². The minimum atomic E-state index is -1.11. The molecule has 0 aromatic carbocycles. The van der Waals surface area contributed by atoms with Crippen LogP contribution in [-0.4, -0.2) is 35.4 Å². The molecule has 3 aliphatic heterocycles. The number of rotatable bonds is 1. The SMILES string of the molecule is O=C1CC2(C(=O)O)CC3C=CC2(CO1)O3. The Balaban J connectivity index is 2.11. The third kappa shape index (κ3) is 0.866. The topological polar surface area (TPSA) is 72.8 Å². The first-order valence-corrected chi connectivity index (χ1v) is 4.84. The smallest absolute Gasteiger partial charge is 0.313 e. The molecule has 3 unspecified atom stereocenters. The van der Waals surface area contributed by atoms with Gasteiger partial charge in [0.1, 0.15) is 17.6 Å². The summed E-state index contributed by atoms with van der Waals surface area (Å²) in [5, 5.41) is 9.31. The van der Waals surface area contributed by atoms with Crippen LogP contribution in [0.3, 0.4) is 0 Å². The highest BCUT2D eigenvalue weighted by Gasteiger charge is 2.68.